The maximum Gasteiger partial charge on any atom is 0.256 e. The van der Waals surface area contributed by atoms with Crippen LogP contribution in [0.5, 0.6) is 5.75 Å². The summed E-state index contributed by atoms with van der Waals surface area (Å²) in [6.07, 6.45) is 1.50. The van der Waals surface area contributed by atoms with E-state index in [1.165, 1.54) is 12.1 Å². The number of hydrogen-bond acceptors (Lipinski definition) is 5. The Labute approximate surface area is 165 Å². The summed E-state index contributed by atoms with van der Waals surface area (Å²) in [6, 6.07) is 10.7. The molecule has 0 spiro atoms. The van der Waals surface area contributed by atoms with Crippen LogP contribution < -0.4 is 4.74 Å². The Bertz CT molecular complexity index is 1010. The molecule has 0 radical (unpaired) electrons. The monoisotopic (exact) mass is 401 g/mol. The molecule has 1 atom stereocenters. The quantitative estimate of drug-likeness (QED) is 0.643. The van der Waals surface area contributed by atoms with Crippen molar-refractivity contribution < 1.29 is 18.4 Å². The van der Waals surface area contributed by atoms with Crippen molar-refractivity contribution in [1.82, 2.24) is 15.0 Å². The van der Waals surface area contributed by atoms with Gasteiger partial charge in [0.15, 0.2) is 0 Å². The summed E-state index contributed by atoms with van der Waals surface area (Å²) < 4.78 is 23.9. The van der Waals surface area contributed by atoms with Gasteiger partial charge in [-0.05, 0) is 55.3 Å². The van der Waals surface area contributed by atoms with Crippen molar-refractivity contribution in [3.05, 3.63) is 64.8 Å². The van der Waals surface area contributed by atoms with E-state index in [-0.39, 0.29) is 22.5 Å². The van der Waals surface area contributed by atoms with Gasteiger partial charge in [0.2, 0.25) is 11.7 Å². The summed E-state index contributed by atoms with van der Waals surface area (Å²) >= 11 is 6.06. The molecule has 0 unspecified atom stereocenters. The molecular formula is C20H17ClFN3O3. The minimum atomic E-state index is -0.486. The van der Waals surface area contributed by atoms with E-state index in [4.69, 9.17) is 20.9 Å². The molecule has 1 aliphatic heterocycles. The van der Waals surface area contributed by atoms with E-state index < -0.39 is 5.82 Å². The van der Waals surface area contributed by atoms with E-state index in [9.17, 15) is 9.18 Å². The predicted molar refractivity (Wildman–Crippen MR) is 101 cm³/mol. The smallest absolute Gasteiger partial charge is 0.256 e. The van der Waals surface area contributed by atoms with E-state index in [1.54, 1.807) is 12.0 Å². The largest absolute Gasteiger partial charge is 0.497 e. The highest BCUT2D eigenvalue weighted by Crippen LogP contribution is 2.34. The van der Waals surface area contributed by atoms with E-state index in [0.29, 0.717) is 24.7 Å². The number of ether oxygens (including phenoxy) is 1. The lowest BCUT2D eigenvalue weighted by atomic mass is 10.1. The Hall–Kier alpha value is -2.93. The molecule has 0 saturated carbocycles. The number of rotatable bonds is 4. The van der Waals surface area contributed by atoms with Crippen LogP contribution in [0.15, 0.2) is 47.0 Å². The number of amides is 1. The van der Waals surface area contributed by atoms with Gasteiger partial charge in [0.1, 0.15) is 17.6 Å². The van der Waals surface area contributed by atoms with Gasteiger partial charge < -0.3 is 14.2 Å². The number of nitrogens with zero attached hydrogens (tertiary/aromatic N) is 3. The first kappa shape index (κ1) is 18.4. The summed E-state index contributed by atoms with van der Waals surface area (Å²) in [4.78, 5) is 19.0. The van der Waals surface area contributed by atoms with Gasteiger partial charge in [-0.25, -0.2) is 4.39 Å². The van der Waals surface area contributed by atoms with Gasteiger partial charge >= 0.3 is 0 Å². The van der Waals surface area contributed by atoms with E-state index in [0.717, 1.165) is 23.8 Å². The Kier molecular flexibility index (Phi) is 5.00. The van der Waals surface area contributed by atoms with Crippen LogP contribution in [0, 0.1) is 5.82 Å². The van der Waals surface area contributed by atoms with Crippen LogP contribution in [-0.4, -0.2) is 34.6 Å². The van der Waals surface area contributed by atoms with Crippen molar-refractivity contribution >= 4 is 17.5 Å². The summed E-state index contributed by atoms with van der Waals surface area (Å²) in [6.45, 7) is 0.539. The number of methoxy groups -OCH3 is 1. The number of carbonyl (C=O) groups excluding carboxylic acids is 1. The first-order chi connectivity index (χ1) is 13.6. The molecule has 0 bridgehead atoms. The molecule has 0 N–H and O–H groups in total. The molecule has 144 valence electrons. The standard InChI is InChI=1S/C20H17ClFN3O3/c1-27-14-7-4-12(5-8-14)18-23-19(28-24-18)17-3-2-10-25(17)20(26)15-9-6-13(22)11-16(15)21/h4-9,11,17H,2-3,10H2,1H3/t17-/m0/s1. The summed E-state index contributed by atoms with van der Waals surface area (Å²) in [5, 5.41) is 4.13. The van der Waals surface area contributed by atoms with Crippen molar-refractivity contribution in [3.8, 4) is 17.1 Å². The fraction of sp³-hybridized carbons (Fsp3) is 0.250. The Balaban J connectivity index is 1.58. The van der Waals surface area contributed by atoms with E-state index >= 15 is 0 Å². The highest BCUT2D eigenvalue weighted by atomic mass is 35.5. The van der Waals surface area contributed by atoms with Crippen LogP contribution in [0.25, 0.3) is 11.4 Å². The molecule has 2 heterocycles. The SMILES string of the molecule is COc1ccc(-c2noc([C@@H]3CCCN3C(=O)c3ccc(F)cc3Cl)n2)cc1. The third-order valence-electron chi connectivity index (χ3n) is 4.75. The molecule has 2 aromatic carbocycles. The van der Waals surface area contributed by atoms with Gasteiger partial charge in [-0.2, -0.15) is 4.98 Å². The molecule has 4 rings (SSSR count). The molecule has 3 aromatic rings. The van der Waals surface area contributed by atoms with Crippen LogP contribution in [-0.2, 0) is 0 Å². The zero-order valence-corrected chi connectivity index (χ0v) is 15.8. The molecule has 1 amide bonds. The Morgan fingerprint density at radius 2 is 2.07 bits per heavy atom. The van der Waals surface area contributed by atoms with Gasteiger partial charge in [0, 0.05) is 12.1 Å². The van der Waals surface area contributed by atoms with Crippen LogP contribution in [0.2, 0.25) is 5.02 Å². The highest BCUT2D eigenvalue weighted by molar-refractivity contribution is 6.33. The molecule has 28 heavy (non-hydrogen) atoms. The van der Waals surface area contributed by atoms with Gasteiger partial charge in [0.05, 0.1) is 17.7 Å². The Morgan fingerprint density at radius 3 is 2.79 bits per heavy atom. The summed E-state index contributed by atoms with van der Waals surface area (Å²) in [7, 11) is 1.60. The second kappa shape index (κ2) is 7.59. The number of carbonyl (C=O) groups is 1. The van der Waals surface area contributed by atoms with Crippen LogP contribution >= 0.6 is 11.6 Å². The number of halogens is 2. The first-order valence-corrected chi connectivity index (χ1v) is 9.18. The molecule has 1 aliphatic rings. The topological polar surface area (TPSA) is 68.5 Å². The van der Waals surface area contributed by atoms with E-state index in [1.807, 2.05) is 24.3 Å². The highest BCUT2D eigenvalue weighted by Gasteiger charge is 2.35. The fourth-order valence-corrected chi connectivity index (χ4v) is 3.56. The lowest BCUT2D eigenvalue weighted by Gasteiger charge is -2.22. The molecule has 1 aromatic heterocycles. The van der Waals surface area contributed by atoms with Gasteiger partial charge in [-0.1, -0.05) is 16.8 Å². The average molecular weight is 402 g/mol. The third kappa shape index (κ3) is 3.45. The van der Waals surface area contributed by atoms with Crippen molar-refractivity contribution in [1.29, 1.82) is 0 Å². The summed E-state index contributed by atoms with van der Waals surface area (Å²) in [5.41, 5.74) is 1.04. The lowest BCUT2D eigenvalue weighted by molar-refractivity contribution is 0.0710. The first-order valence-electron chi connectivity index (χ1n) is 8.81. The minimum Gasteiger partial charge on any atom is -0.497 e. The van der Waals surface area contributed by atoms with Crippen LogP contribution in [0.1, 0.15) is 35.1 Å². The van der Waals surface area contributed by atoms with Gasteiger partial charge in [0.25, 0.3) is 5.91 Å². The molecule has 1 fully saturated rings. The second-order valence-corrected chi connectivity index (χ2v) is 6.87. The maximum absolute atomic E-state index is 13.3. The number of aromatic nitrogens is 2. The fourth-order valence-electron chi connectivity index (χ4n) is 3.31. The second-order valence-electron chi connectivity index (χ2n) is 6.47. The molecular weight excluding hydrogens is 385 g/mol. The molecule has 0 aliphatic carbocycles. The minimum absolute atomic E-state index is 0.0834. The van der Waals surface area contributed by atoms with Crippen molar-refractivity contribution in [2.45, 2.75) is 18.9 Å². The molecule has 1 saturated heterocycles. The van der Waals surface area contributed by atoms with E-state index in [2.05, 4.69) is 10.1 Å². The van der Waals surface area contributed by atoms with Crippen LogP contribution in [0.4, 0.5) is 4.39 Å². The number of likely N-dealkylation sites (tertiary alicyclic amines) is 1. The number of benzene rings is 2. The average Bonchev–Trinajstić information content (AvgIpc) is 3.37. The molecule has 8 heteroatoms. The normalized spacial score (nSPS) is 16.4. The molecule has 6 nitrogen and oxygen atoms in total. The van der Waals surface area contributed by atoms with Gasteiger partial charge in [-0.3, -0.25) is 4.79 Å². The maximum atomic E-state index is 13.3. The zero-order valence-electron chi connectivity index (χ0n) is 15.1. The zero-order chi connectivity index (χ0) is 19.7. The Morgan fingerprint density at radius 1 is 1.29 bits per heavy atom. The number of hydrogen-bond donors (Lipinski definition) is 0. The van der Waals surface area contributed by atoms with Gasteiger partial charge in [-0.15, -0.1) is 0 Å². The predicted octanol–water partition coefficient (Wildman–Crippen LogP) is 4.52. The van der Waals surface area contributed by atoms with Crippen LogP contribution in [0.3, 0.4) is 0 Å². The lowest BCUT2D eigenvalue weighted by Crippen LogP contribution is -2.31. The van der Waals surface area contributed by atoms with Crippen molar-refractivity contribution in [2.75, 3.05) is 13.7 Å². The van der Waals surface area contributed by atoms with Crippen molar-refractivity contribution in [2.24, 2.45) is 0 Å². The van der Waals surface area contributed by atoms with Crippen molar-refractivity contribution in [3.63, 3.8) is 0 Å². The third-order valence-corrected chi connectivity index (χ3v) is 5.06. The summed E-state index contributed by atoms with van der Waals surface area (Å²) in [5.74, 6) is 0.778.